The smallest absolute Gasteiger partial charge is 0.254 e. The third-order valence-corrected chi connectivity index (χ3v) is 7.84. The van der Waals surface area contributed by atoms with Gasteiger partial charge >= 0.3 is 0 Å². The molecule has 0 bridgehead atoms. The van der Waals surface area contributed by atoms with Crippen LogP contribution < -0.4 is 5.73 Å². The molecule has 1 aliphatic carbocycles. The zero-order chi connectivity index (χ0) is 28.7. The molecule has 1 saturated carbocycles. The summed E-state index contributed by atoms with van der Waals surface area (Å²) in [5.41, 5.74) is 6.29. The van der Waals surface area contributed by atoms with Crippen molar-refractivity contribution in [2.75, 3.05) is 39.5 Å². The van der Waals surface area contributed by atoms with E-state index in [4.69, 9.17) is 5.11 Å². The fraction of sp³-hybridized carbons (Fsp3) is 0.667. The van der Waals surface area contributed by atoms with E-state index in [2.05, 4.69) is 40.5 Å². The Hall–Kier alpha value is -1.46. The molecule has 1 aliphatic heterocycles. The third kappa shape index (κ3) is 18.4. The number of aromatic nitrogens is 1. The lowest BCUT2D eigenvalue weighted by atomic mass is 9.87. The van der Waals surface area contributed by atoms with Crippen molar-refractivity contribution in [2.24, 2.45) is 16.6 Å². The summed E-state index contributed by atoms with van der Waals surface area (Å²) in [5, 5.41) is 9.93. The predicted molar refractivity (Wildman–Crippen MR) is 158 cm³/mol. The molecule has 3 N–H and O–H groups in total. The van der Waals surface area contributed by atoms with Crippen molar-refractivity contribution in [3.8, 4) is 0 Å². The fourth-order valence-corrected chi connectivity index (χ4v) is 5.49. The standard InChI is InChI=1S/C17H28F2N2S.C6H7NOS.C2H4.CH5N.CH4O/c1-17(18,19)13-22-16-9-11-21(12-15(16)20-2)10-8-14-6-4-3-5-7-14;1-5-7-6(2-3-8)4-9-5;3*1-2/h14H,2-13H2,1H3;3-4H,2H2,1H3;1-2H2;2H2,1H3;2H,1H3. The second-order valence-corrected chi connectivity index (χ2v) is 10.6. The van der Waals surface area contributed by atoms with E-state index in [1.807, 2.05) is 12.3 Å². The molecule has 0 atom stereocenters. The van der Waals surface area contributed by atoms with Gasteiger partial charge in [-0.05, 0) is 46.0 Å². The fourth-order valence-electron chi connectivity index (χ4n) is 3.91. The number of aliphatic imine (C=N–C) groups is 1. The SMILES string of the molecule is C=C.C=NC1=C(SCC(C)(F)F)CCN(CCC2CCCCC2)C1.CN.CO.Cc1nc(CC=O)cs1. The van der Waals surface area contributed by atoms with Gasteiger partial charge in [0, 0.05) is 43.8 Å². The van der Waals surface area contributed by atoms with E-state index in [0.29, 0.717) is 6.42 Å². The quantitative estimate of drug-likeness (QED) is 0.213. The van der Waals surface area contributed by atoms with Crippen molar-refractivity contribution in [3.63, 3.8) is 0 Å². The van der Waals surface area contributed by atoms with Gasteiger partial charge in [0.1, 0.15) is 6.29 Å². The molecular weight excluding hydrogens is 514 g/mol. The molecule has 3 rings (SSSR count). The lowest BCUT2D eigenvalue weighted by Crippen LogP contribution is -2.33. The van der Waals surface area contributed by atoms with E-state index in [9.17, 15) is 13.6 Å². The van der Waals surface area contributed by atoms with Crippen molar-refractivity contribution >= 4 is 36.1 Å². The van der Waals surface area contributed by atoms with Crippen molar-refractivity contribution < 1.29 is 18.7 Å². The monoisotopic (exact) mass is 562 g/mol. The van der Waals surface area contributed by atoms with Crippen LogP contribution in [0.2, 0.25) is 0 Å². The molecule has 0 amide bonds. The van der Waals surface area contributed by atoms with Crippen LogP contribution in [0.3, 0.4) is 0 Å². The van der Waals surface area contributed by atoms with Crippen molar-refractivity contribution in [2.45, 2.75) is 71.1 Å². The number of nitrogens with two attached hydrogens (primary N) is 1. The van der Waals surface area contributed by atoms with E-state index in [1.54, 1.807) is 11.3 Å². The van der Waals surface area contributed by atoms with Gasteiger partial charge in [-0.3, -0.25) is 9.89 Å². The summed E-state index contributed by atoms with van der Waals surface area (Å²) in [6.45, 7) is 15.4. The molecule has 37 heavy (non-hydrogen) atoms. The van der Waals surface area contributed by atoms with Crippen LogP contribution in [0.15, 0.2) is 34.1 Å². The minimum atomic E-state index is -2.62. The first-order chi connectivity index (χ1) is 17.8. The average Bonchev–Trinajstić information content (AvgIpc) is 3.35. The molecule has 0 unspecified atom stereocenters. The van der Waals surface area contributed by atoms with E-state index in [-0.39, 0.29) is 5.75 Å². The molecular formula is C27H48F2N4O2S2. The second kappa shape index (κ2) is 23.6. The molecule has 2 aliphatic rings. The number of alkyl halides is 2. The highest BCUT2D eigenvalue weighted by Crippen LogP contribution is 2.33. The highest BCUT2D eigenvalue weighted by atomic mass is 32.2. The Morgan fingerprint density at radius 1 is 1.30 bits per heavy atom. The van der Waals surface area contributed by atoms with Crippen LogP contribution in [0.25, 0.3) is 0 Å². The van der Waals surface area contributed by atoms with Crippen LogP contribution in [0, 0.1) is 12.8 Å². The van der Waals surface area contributed by atoms with E-state index >= 15 is 0 Å². The molecule has 1 aromatic rings. The van der Waals surface area contributed by atoms with Gasteiger partial charge in [0.25, 0.3) is 5.92 Å². The van der Waals surface area contributed by atoms with Crippen molar-refractivity contribution in [3.05, 3.63) is 39.8 Å². The lowest BCUT2D eigenvalue weighted by Gasteiger charge is -2.31. The lowest BCUT2D eigenvalue weighted by molar-refractivity contribution is -0.107. The minimum Gasteiger partial charge on any atom is -0.400 e. The second-order valence-electron chi connectivity index (χ2n) is 8.43. The zero-order valence-electron chi connectivity index (χ0n) is 23.2. The topological polar surface area (TPSA) is 91.8 Å². The largest absolute Gasteiger partial charge is 0.400 e. The van der Waals surface area contributed by atoms with E-state index in [0.717, 1.165) is 73.6 Å². The number of thiazole rings is 1. The van der Waals surface area contributed by atoms with Crippen LogP contribution in [0.5, 0.6) is 0 Å². The number of aryl methyl sites for hydroxylation is 1. The number of carbonyl (C=O) groups excluding carboxylic acids is 1. The Morgan fingerprint density at radius 2 is 1.92 bits per heavy atom. The van der Waals surface area contributed by atoms with Gasteiger partial charge in [0.05, 0.1) is 22.2 Å². The summed E-state index contributed by atoms with van der Waals surface area (Å²) in [5.74, 6) is -1.90. The third-order valence-electron chi connectivity index (χ3n) is 5.58. The summed E-state index contributed by atoms with van der Waals surface area (Å²) in [4.78, 5) is 21.5. The number of hydrogen-bond donors (Lipinski definition) is 2. The summed E-state index contributed by atoms with van der Waals surface area (Å²) in [7, 11) is 2.50. The molecule has 6 nitrogen and oxygen atoms in total. The Balaban J connectivity index is 0. The summed E-state index contributed by atoms with van der Waals surface area (Å²) >= 11 is 2.83. The van der Waals surface area contributed by atoms with Crippen LogP contribution >= 0.6 is 23.1 Å². The van der Waals surface area contributed by atoms with Crippen LogP contribution in [-0.4, -0.2) is 73.5 Å². The van der Waals surface area contributed by atoms with Crippen LogP contribution in [0.4, 0.5) is 8.78 Å². The minimum absolute atomic E-state index is 0.163. The number of halogens is 2. The normalized spacial score (nSPS) is 15.9. The maximum absolute atomic E-state index is 13.0. The van der Waals surface area contributed by atoms with Gasteiger partial charge < -0.3 is 15.6 Å². The number of nitrogens with zero attached hydrogens (tertiary/aromatic N) is 3. The molecule has 2 heterocycles. The Bertz CT molecular complexity index is 749. The number of aldehydes is 1. The van der Waals surface area contributed by atoms with Gasteiger partial charge in [0.15, 0.2) is 0 Å². The van der Waals surface area contributed by atoms with Crippen molar-refractivity contribution in [1.29, 1.82) is 0 Å². The maximum Gasteiger partial charge on any atom is 0.254 e. The average molecular weight is 563 g/mol. The Morgan fingerprint density at radius 3 is 2.41 bits per heavy atom. The summed E-state index contributed by atoms with van der Waals surface area (Å²) in [6.07, 6.45) is 10.3. The highest BCUT2D eigenvalue weighted by Gasteiger charge is 2.25. The summed E-state index contributed by atoms with van der Waals surface area (Å²) in [6, 6.07) is 0. The van der Waals surface area contributed by atoms with Gasteiger partial charge in [-0.2, -0.15) is 0 Å². The molecule has 10 heteroatoms. The molecule has 0 aromatic carbocycles. The molecule has 0 radical (unpaired) electrons. The van der Waals surface area contributed by atoms with Gasteiger partial charge in [-0.15, -0.1) is 36.3 Å². The van der Waals surface area contributed by atoms with Gasteiger partial charge in [-0.25, -0.2) is 13.8 Å². The number of carbonyl (C=O) groups is 1. The Kier molecular flexibility index (Phi) is 24.1. The van der Waals surface area contributed by atoms with Crippen LogP contribution in [0.1, 0.15) is 62.6 Å². The number of thioether (sulfide) groups is 1. The zero-order valence-corrected chi connectivity index (χ0v) is 24.8. The predicted octanol–water partition coefficient (Wildman–Crippen LogP) is 6.14. The first-order valence-electron chi connectivity index (χ1n) is 12.6. The van der Waals surface area contributed by atoms with E-state index in [1.165, 1.54) is 57.3 Å². The number of rotatable bonds is 9. The molecule has 1 aromatic heterocycles. The maximum atomic E-state index is 13.0. The number of hydrogen-bond acceptors (Lipinski definition) is 8. The van der Waals surface area contributed by atoms with Crippen molar-refractivity contribution in [1.82, 2.24) is 9.88 Å². The van der Waals surface area contributed by atoms with Crippen LogP contribution in [-0.2, 0) is 11.2 Å². The molecule has 0 spiro atoms. The van der Waals surface area contributed by atoms with Gasteiger partial charge in [0.2, 0.25) is 0 Å². The molecule has 214 valence electrons. The number of aliphatic hydroxyl groups excluding tert-OH is 1. The molecule has 1 fully saturated rings. The first kappa shape index (κ1) is 37.7. The Labute approximate surface area is 231 Å². The van der Waals surface area contributed by atoms with Gasteiger partial charge in [-0.1, -0.05) is 32.1 Å². The summed E-state index contributed by atoms with van der Waals surface area (Å²) < 4.78 is 26.0. The van der Waals surface area contributed by atoms with E-state index < -0.39 is 5.92 Å². The highest BCUT2D eigenvalue weighted by molar-refractivity contribution is 8.03. The first-order valence-corrected chi connectivity index (χ1v) is 14.5. The molecule has 0 saturated heterocycles. The number of aliphatic hydroxyl groups is 1.